The highest BCUT2D eigenvalue weighted by molar-refractivity contribution is 5.78. The van der Waals surface area contributed by atoms with Gasteiger partial charge in [-0.2, -0.15) is 0 Å². The van der Waals surface area contributed by atoms with E-state index in [1.54, 1.807) is 7.05 Å². The lowest BCUT2D eigenvalue weighted by atomic mass is 9.87. The molecule has 0 aliphatic rings. The second-order valence-electron chi connectivity index (χ2n) is 6.35. The van der Waals surface area contributed by atoms with Gasteiger partial charge in [-0.3, -0.25) is 9.59 Å². The number of carboxylic acid groups (broad SMARTS) is 1. The minimum Gasteiger partial charge on any atom is -0.481 e. The topological polar surface area (TPSA) is 98.7 Å². The van der Waals surface area contributed by atoms with E-state index in [0.29, 0.717) is 6.42 Å². The Labute approximate surface area is 126 Å². The predicted octanol–water partition coefficient (Wildman–Crippen LogP) is 1.04. The number of carboxylic acids is 1. The quantitative estimate of drug-likeness (QED) is 0.654. The Morgan fingerprint density at radius 1 is 1.24 bits per heavy atom. The van der Waals surface area contributed by atoms with Gasteiger partial charge in [0, 0.05) is 33.1 Å². The summed E-state index contributed by atoms with van der Waals surface area (Å²) in [5.74, 6) is -1.09. The molecule has 0 heterocycles. The summed E-state index contributed by atoms with van der Waals surface area (Å²) < 4.78 is 0. The molecule has 0 saturated heterocycles. The van der Waals surface area contributed by atoms with Gasteiger partial charge < -0.3 is 20.6 Å². The molecule has 0 fully saturated rings. The van der Waals surface area contributed by atoms with E-state index in [1.165, 1.54) is 11.9 Å². The summed E-state index contributed by atoms with van der Waals surface area (Å²) in [5.41, 5.74) is -0.0892. The molecule has 0 bridgehead atoms. The van der Waals surface area contributed by atoms with E-state index in [-0.39, 0.29) is 36.7 Å². The number of amides is 3. The van der Waals surface area contributed by atoms with Gasteiger partial charge in [-0.05, 0) is 11.8 Å². The van der Waals surface area contributed by atoms with E-state index >= 15 is 0 Å². The number of carbonyl (C=O) groups is 3. The maximum atomic E-state index is 12.0. The molecule has 0 aromatic rings. The second kappa shape index (κ2) is 8.49. The van der Waals surface area contributed by atoms with Crippen LogP contribution in [0.5, 0.6) is 0 Å². The molecule has 7 nitrogen and oxygen atoms in total. The summed E-state index contributed by atoms with van der Waals surface area (Å²) in [4.78, 5) is 35.4. The molecule has 0 radical (unpaired) electrons. The highest BCUT2D eigenvalue weighted by atomic mass is 16.4. The highest BCUT2D eigenvalue weighted by Crippen LogP contribution is 2.22. The van der Waals surface area contributed by atoms with Crippen LogP contribution in [0.2, 0.25) is 0 Å². The maximum absolute atomic E-state index is 12.0. The molecule has 0 aliphatic carbocycles. The first-order chi connectivity index (χ1) is 9.55. The van der Waals surface area contributed by atoms with Gasteiger partial charge in [-0.1, -0.05) is 20.8 Å². The maximum Gasteiger partial charge on any atom is 0.317 e. The molecule has 3 N–H and O–H groups in total. The molecule has 1 atom stereocenters. The Hall–Kier alpha value is -1.79. The Morgan fingerprint density at radius 2 is 1.81 bits per heavy atom. The number of hydrogen-bond donors (Lipinski definition) is 3. The molecular weight excluding hydrogens is 274 g/mol. The average molecular weight is 301 g/mol. The molecule has 7 heteroatoms. The molecule has 0 spiro atoms. The molecule has 1 unspecified atom stereocenters. The average Bonchev–Trinajstić information content (AvgIpc) is 2.32. The van der Waals surface area contributed by atoms with Crippen LogP contribution in [-0.4, -0.2) is 54.6 Å². The lowest BCUT2D eigenvalue weighted by Gasteiger charge is -2.28. The van der Waals surface area contributed by atoms with E-state index in [0.717, 1.165) is 0 Å². The minimum absolute atomic E-state index is 0.0892. The lowest BCUT2D eigenvalue weighted by molar-refractivity contribution is -0.137. The van der Waals surface area contributed by atoms with E-state index in [1.807, 2.05) is 20.8 Å². The third kappa shape index (κ3) is 9.70. The fourth-order valence-electron chi connectivity index (χ4n) is 1.90. The van der Waals surface area contributed by atoms with Gasteiger partial charge in [0.2, 0.25) is 5.91 Å². The van der Waals surface area contributed by atoms with Crippen LogP contribution in [0.4, 0.5) is 4.79 Å². The monoisotopic (exact) mass is 301 g/mol. The van der Waals surface area contributed by atoms with Crippen LogP contribution < -0.4 is 10.6 Å². The summed E-state index contributed by atoms with van der Waals surface area (Å²) in [6.07, 6.45) is 0.657. The summed E-state index contributed by atoms with van der Waals surface area (Å²) >= 11 is 0. The number of aliphatic carboxylic acids is 1. The smallest absolute Gasteiger partial charge is 0.317 e. The van der Waals surface area contributed by atoms with E-state index < -0.39 is 12.0 Å². The zero-order valence-electron chi connectivity index (χ0n) is 13.5. The number of nitrogens with one attached hydrogen (secondary N) is 2. The molecule has 3 amide bonds. The number of carbonyl (C=O) groups excluding carboxylic acids is 2. The summed E-state index contributed by atoms with van der Waals surface area (Å²) in [6, 6.07) is -0.799. The summed E-state index contributed by atoms with van der Waals surface area (Å²) in [6.45, 7) is 6.25. The zero-order valence-corrected chi connectivity index (χ0v) is 13.5. The Kier molecular flexibility index (Phi) is 7.76. The van der Waals surface area contributed by atoms with E-state index in [4.69, 9.17) is 5.11 Å². The van der Waals surface area contributed by atoms with Crippen LogP contribution in [0.1, 0.15) is 40.0 Å². The summed E-state index contributed by atoms with van der Waals surface area (Å²) in [5, 5.41) is 14.1. The third-order valence-electron chi connectivity index (χ3n) is 2.91. The molecular formula is C14H27N3O4. The standard InChI is InChI=1S/C14H27N3O4/c1-14(2,3)9-10(8-12(19)20)16-13(21)17(5)7-6-11(18)15-4/h10H,6-9H2,1-5H3,(H,15,18)(H,16,21)(H,19,20). The molecule has 0 rings (SSSR count). The Morgan fingerprint density at radius 3 is 2.24 bits per heavy atom. The van der Waals surface area contributed by atoms with Gasteiger partial charge in [0.25, 0.3) is 0 Å². The van der Waals surface area contributed by atoms with Crippen LogP contribution in [0.25, 0.3) is 0 Å². The first-order valence-electron chi connectivity index (χ1n) is 6.99. The first-order valence-corrected chi connectivity index (χ1v) is 6.99. The van der Waals surface area contributed by atoms with Crippen molar-refractivity contribution in [3.05, 3.63) is 0 Å². The molecule has 0 aliphatic heterocycles. The second-order valence-corrected chi connectivity index (χ2v) is 6.35. The Balaban J connectivity index is 4.50. The van der Waals surface area contributed by atoms with E-state index in [9.17, 15) is 14.4 Å². The molecule has 0 aromatic heterocycles. The van der Waals surface area contributed by atoms with Crippen LogP contribution >= 0.6 is 0 Å². The van der Waals surface area contributed by atoms with Crippen molar-refractivity contribution in [3.8, 4) is 0 Å². The van der Waals surface area contributed by atoms with Crippen LogP contribution in [0.15, 0.2) is 0 Å². The van der Waals surface area contributed by atoms with Crippen molar-refractivity contribution >= 4 is 17.9 Å². The van der Waals surface area contributed by atoms with Gasteiger partial charge in [0.1, 0.15) is 0 Å². The number of nitrogens with zero attached hydrogens (tertiary/aromatic N) is 1. The van der Waals surface area contributed by atoms with Crippen molar-refractivity contribution in [1.29, 1.82) is 0 Å². The number of urea groups is 1. The highest BCUT2D eigenvalue weighted by Gasteiger charge is 2.23. The fourth-order valence-corrected chi connectivity index (χ4v) is 1.90. The normalized spacial score (nSPS) is 12.4. The van der Waals surface area contributed by atoms with Crippen LogP contribution in [0, 0.1) is 5.41 Å². The van der Waals surface area contributed by atoms with Crippen molar-refractivity contribution in [2.75, 3.05) is 20.6 Å². The van der Waals surface area contributed by atoms with Crippen LogP contribution in [0.3, 0.4) is 0 Å². The first kappa shape index (κ1) is 19.2. The van der Waals surface area contributed by atoms with Gasteiger partial charge in [0.05, 0.1) is 6.42 Å². The third-order valence-corrected chi connectivity index (χ3v) is 2.91. The van der Waals surface area contributed by atoms with Gasteiger partial charge in [0.15, 0.2) is 0 Å². The zero-order chi connectivity index (χ0) is 16.6. The van der Waals surface area contributed by atoms with Crippen molar-refractivity contribution in [1.82, 2.24) is 15.5 Å². The van der Waals surface area contributed by atoms with Gasteiger partial charge >= 0.3 is 12.0 Å². The SMILES string of the molecule is CNC(=O)CCN(C)C(=O)NC(CC(=O)O)CC(C)(C)C. The van der Waals surface area contributed by atoms with Gasteiger partial charge in [-0.25, -0.2) is 4.79 Å². The predicted molar refractivity (Wildman–Crippen MR) is 80.0 cm³/mol. The summed E-state index contributed by atoms with van der Waals surface area (Å²) in [7, 11) is 3.11. The minimum atomic E-state index is -0.947. The van der Waals surface area contributed by atoms with Crippen molar-refractivity contribution in [3.63, 3.8) is 0 Å². The van der Waals surface area contributed by atoms with Crippen molar-refractivity contribution < 1.29 is 19.5 Å². The van der Waals surface area contributed by atoms with Crippen molar-refractivity contribution in [2.24, 2.45) is 5.41 Å². The number of hydrogen-bond acceptors (Lipinski definition) is 3. The van der Waals surface area contributed by atoms with Gasteiger partial charge in [-0.15, -0.1) is 0 Å². The largest absolute Gasteiger partial charge is 0.481 e. The lowest BCUT2D eigenvalue weighted by Crippen LogP contribution is -2.46. The Bertz CT molecular complexity index is 377. The van der Waals surface area contributed by atoms with Crippen molar-refractivity contribution in [2.45, 2.75) is 46.1 Å². The number of rotatable bonds is 7. The fraction of sp³-hybridized carbons (Fsp3) is 0.786. The molecule has 0 aromatic carbocycles. The molecule has 122 valence electrons. The van der Waals surface area contributed by atoms with E-state index in [2.05, 4.69) is 10.6 Å². The molecule has 21 heavy (non-hydrogen) atoms. The van der Waals surface area contributed by atoms with Crippen LogP contribution in [-0.2, 0) is 9.59 Å². The molecule has 0 saturated carbocycles.